The van der Waals surface area contributed by atoms with Gasteiger partial charge >= 0.3 is 0 Å². The molecule has 0 bridgehead atoms. The molecule has 0 radical (unpaired) electrons. The van der Waals surface area contributed by atoms with Gasteiger partial charge in [0.2, 0.25) is 0 Å². The van der Waals surface area contributed by atoms with Gasteiger partial charge in [-0.05, 0) is 55.7 Å². The highest BCUT2D eigenvalue weighted by Crippen LogP contribution is 2.40. The minimum absolute atomic E-state index is 0.606. The zero-order valence-corrected chi connectivity index (χ0v) is 16.0. The Hall–Kier alpha value is -3.10. The molecule has 0 spiro atoms. The van der Waals surface area contributed by atoms with E-state index >= 15 is 0 Å². The van der Waals surface area contributed by atoms with E-state index in [1.807, 2.05) is 25.3 Å². The van der Waals surface area contributed by atoms with Gasteiger partial charge < -0.3 is 14.7 Å². The fraction of sp³-hybridized carbons (Fsp3) is 0.273. The maximum Gasteiger partial charge on any atom is 0.148 e. The number of nitrogens with one attached hydrogen (secondary N) is 2. The van der Waals surface area contributed by atoms with E-state index in [-0.39, 0.29) is 0 Å². The van der Waals surface area contributed by atoms with E-state index in [0.29, 0.717) is 5.56 Å². The predicted octanol–water partition coefficient (Wildman–Crippen LogP) is 4.70. The van der Waals surface area contributed by atoms with Gasteiger partial charge in [0.15, 0.2) is 0 Å². The second-order valence-electron chi connectivity index (χ2n) is 7.01. The molecule has 0 saturated heterocycles. The van der Waals surface area contributed by atoms with E-state index in [4.69, 9.17) is 15.0 Å². The molecule has 2 N–H and O–H groups in total. The fourth-order valence-electron chi connectivity index (χ4n) is 3.95. The zero-order chi connectivity index (χ0) is 19.2. The lowest BCUT2D eigenvalue weighted by Gasteiger charge is -2.30. The first kappa shape index (κ1) is 17.3. The van der Waals surface area contributed by atoms with E-state index in [0.717, 1.165) is 39.7 Å². The molecule has 136 valence electrons. The van der Waals surface area contributed by atoms with Gasteiger partial charge in [-0.1, -0.05) is 13.0 Å². The molecule has 1 atom stereocenters. The molecule has 2 aromatic carbocycles. The summed E-state index contributed by atoms with van der Waals surface area (Å²) in [5.74, 6) is 0.733. The van der Waals surface area contributed by atoms with Crippen molar-refractivity contribution in [2.24, 2.45) is 0 Å². The molecule has 0 aliphatic rings. The van der Waals surface area contributed by atoms with Crippen LogP contribution in [0, 0.1) is 18.3 Å². The smallest absolute Gasteiger partial charge is 0.148 e. The van der Waals surface area contributed by atoms with Crippen LogP contribution in [0.5, 0.6) is 0 Å². The fourth-order valence-corrected chi connectivity index (χ4v) is 3.95. The number of hydrogen-bond donors (Lipinski definition) is 2. The lowest BCUT2D eigenvalue weighted by Crippen LogP contribution is -2.29. The van der Waals surface area contributed by atoms with E-state index in [9.17, 15) is 0 Å². The third-order valence-corrected chi connectivity index (χ3v) is 5.45. The molecule has 2 aromatic heterocycles. The van der Waals surface area contributed by atoms with Gasteiger partial charge in [-0.25, -0.2) is 4.98 Å². The molecule has 4 aromatic rings. The first-order chi connectivity index (χ1) is 13.0. The molecule has 0 saturated carbocycles. The molecule has 27 heavy (non-hydrogen) atoms. The summed E-state index contributed by atoms with van der Waals surface area (Å²) in [6, 6.07) is 12.0. The summed E-state index contributed by atoms with van der Waals surface area (Å²) < 4.78 is 6.08. The number of benzene rings is 2. The summed E-state index contributed by atoms with van der Waals surface area (Å²) in [7, 11) is 1.71. The Morgan fingerprint density at radius 3 is 2.78 bits per heavy atom. The molecule has 5 heteroatoms. The number of nitriles is 1. The van der Waals surface area contributed by atoms with E-state index in [1.54, 1.807) is 13.2 Å². The van der Waals surface area contributed by atoms with Crippen molar-refractivity contribution in [2.75, 3.05) is 7.11 Å². The zero-order valence-electron chi connectivity index (χ0n) is 16.0. The number of aromatic amines is 2. The third-order valence-electron chi connectivity index (χ3n) is 5.45. The molecular formula is C22H22N4O. The highest BCUT2D eigenvalue weighted by atomic mass is 16.5. The van der Waals surface area contributed by atoms with Crippen LogP contribution in [0.2, 0.25) is 0 Å². The summed E-state index contributed by atoms with van der Waals surface area (Å²) in [6.45, 7) is 6.33. The molecule has 4 rings (SSSR count). The molecule has 1 unspecified atom stereocenters. The van der Waals surface area contributed by atoms with Gasteiger partial charge in [0.25, 0.3) is 0 Å². The monoisotopic (exact) mass is 358 g/mol. The van der Waals surface area contributed by atoms with Crippen molar-refractivity contribution >= 4 is 21.9 Å². The van der Waals surface area contributed by atoms with Crippen molar-refractivity contribution in [3.8, 4) is 6.07 Å². The van der Waals surface area contributed by atoms with Crippen molar-refractivity contribution in [2.45, 2.75) is 32.8 Å². The van der Waals surface area contributed by atoms with Gasteiger partial charge in [-0.15, -0.1) is 0 Å². The Labute approximate surface area is 158 Å². The maximum absolute atomic E-state index is 9.16. The Kier molecular flexibility index (Phi) is 4.01. The number of ether oxygens (including phenoxy) is 1. The summed E-state index contributed by atoms with van der Waals surface area (Å²) in [4.78, 5) is 11.5. The Balaban J connectivity index is 2.01. The first-order valence-corrected chi connectivity index (χ1v) is 9.07. The van der Waals surface area contributed by atoms with Crippen LogP contribution in [0.3, 0.4) is 0 Å². The Bertz CT molecular complexity index is 1190. The van der Waals surface area contributed by atoms with Crippen molar-refractivity contribution in [1.29, 1.82) is 5.26 Å². The van der Waals surface area contributed by atoms with Crippen molar-refractivity contribution in [3.05, 3.63) is 64.6 Å². The molecule has 5 nitrogen and oxygen atoms in total. The van der Waals surface area contributed by atoms with Crippen LogP contribution in [-0.2, 0) is 16.8 Å². The van der Waals surface area contributed by atoms with Crippen molar-refractivity contribution < 1.29 is 4.74 Å². The summed E-state index contributed by atoms with van der Waals surface area (Å²) in [5, 5.41) is 10.3. The van der Waals surface area contributed by atoms with Crippen LogP contribution in [0.4, 0.5) is 0 Å². The number of fused-ring (bicyclic) bond motifs is 2. The van der Waals surface area contributed by atoms with Crippen molar-refractivity contribution in [1.82, 2.24) is 15.0 Å². The second kappa shape index (κ2) is 6.26. The summed E-state index contributed by atoms with van der Waals surface area (Å²) >= 11 is 0. The molecule has 0 aliphatic carbocycles. The number of hydrogen-bond acceptors (Lipinski definition) is 3. The number of imidazole rings is 1. The standard InChI is InChI=1S/C22H22N4O/c1-5-15-10-13(2)20-16(8-9-24-20)19(15)22(3,27-4)21-25-17-7-6-14(12-23)11-18(17)26-21/h6-11,24H,5H2,1-4H3,(H,25,26). The third kappa shape index (κ3) is 2.53. The van der Waals surface area contributed by atoms with Crippen LogP contribution in [0.25, 0.3) is 21.9 Å². The summed E-state index contributed by atoms with van der Waals surface area (Å²) in [6.07, 6.45) is 2.86. The van der Waals surface area contributed by atoms with E-state index < -0.39 is 5.60 Å². The van der Waals surface area contributed by atoms with Crippen LogP contribution in [0.15, 0.2) is 36.5 Å². The van der Waals surface area contributed by atoms with Crippen LogP contribution in [0.1, 0.15) is 41.9 Å². The van der Waals surface area contributed by atoms with Gasteiger partial charge in [0, 0.05) is 29.8 Å². The van der Waals surface area contributed by atoms with Gasteiger partial charge in [-0.2, -0.15) is 5.26 Å². The van der Waals surface area contributed by atoms with E-state index in [2.05, 4.69) is 42.0 Å². The molecule has 0 fully saturated rings. The minimum atomic E-state index is -0.745. The Morgan fingerprint density at radius 2 is 2.07 bits per heavy atom. The molecule has 2 heterocycles. The van der Waals surface area contributed by atoms with Gasteiger partial charge in [0.05, 0.1) is 22.7 Å². The SMILES string of the molecule is CCc1cc(C)c2[nH]ccc2c1C(C)(OC)c1nc2ccc(C#N)cc2[nH]1. The first-order valence-electron chi connectivity index (χ1n) is 9.07. The number of H-pyrrole nitrogens is 2. The average Bonchev–Trinajstić information content (AvgIpc) is 3.33. The lowest BCUT2D eigenvalue weighted by atomic mass is 9.85. The number of aryl methyl sites for hydroxylation is 2. The topological polar surface area (TPSA) is 77.5 Å². The van der Waals surface area contributed by atoms with Gasteiger partial charge in [0.1, 0.15) is 11.4 Å². The number of nitrogens with zero attached hydrogens (tertiary/aromatic N) is 2. The van der Waals surface area contributed by atoms with Gasteiger partial charge in [-0.3, -0.25) is 0 Å². The molecule has 0 amide bonds. The molecular weight excluding hydrogens is 336 g/mol. The normalized spacial score (nSPS) is 13.7. The lowest BCUT2D eigenvalue weighted by molar-refractivity contribution is 0.0329. The highest BCUT2D eigenvalue weighted by Gasteiger charge is 2.36. The van der Waals surface area contributed by atoms with Crippen LogP contribution in [-0.4, -0.2) is 22.1 Å². The maximum atomic E-state index is 9.16. The quantitative estimate of drug-likeness (QED) is 0.555. The highest BCUT2D eigenvalue weighted by molar-refractivity contribution is 5.88. The average molecular weight is 358 g/mol. The number of aromatic nitrogens is 3. The number of methoxy groups -OCH3 is 1. The predicted molar refractivity (Wildman–Crippen MR) is 107 cm³/mol. The number of rotatable bonds is 4. The van der Waals surface area contributed by atoms with E-state index in [1.165, 1.54) is 11.1 Å². The van der Waals surface area contributed by atoms with Crippen LogP contribution >= 0.6 is 0 Å². The Morgan fingerprint density at radius 1 is 1.26 bits per heavy atom. The largest absolute Gasteiger partial charge is 0.366 e. The minimum Gasteiger partial charge on any atom is -0.366 e. The molecule has 0 aliphatic heterocycles. The second-order valence-corrected chi connectivity index (χ2v) is 7.01. The van der Waals surface area contributed by atoms with Crippen LogP contribution < -0.4 is 0 Å². The van der Waals surface area contributed by atoms with Crippen molar-refractivity contribution in [3.63, 3.8) is 0 Å². The summed E-state index contributed by atoms with van der Waals surface area (Å²) in [5.41, 5.74) is 6.22.